The van der Waals surface area contributed by atoms with E-state index in [1.807, 2.05) is 0 Å². The topological polar surface area (TPSA) is 50.8 Å². The van der Waals surface area contributed by atoms with Crippen LogP contribution < -0.4 is 10.1 Å². The zero-order valence-corrected chi connectivity index (χ0v) is 19.1. The Kier molecular flexibility index (Phi) is 9.01. The van der Waals surface area contributed by atoms with Crippen LogP contribution in [0.25, 0.3) is 0 Å². The van der Waals surface area contributed by atoms with Crippen LogP contribution in [0.5, 0.6) is 5.75 Å². The van der Waals surface area contributed by atoms with Crippen LogP contribution in [0.3, 0.4) is 0 Å². The number of aryl methyl sites for hydroxylation is 1. The zero-order chi connectivity index (χ0) is 21.3. The number of carbonyl (C=O) groups excluding carboxylic acids is 1. The van der Waals surface area contributed by atoms with Gasteiger partial charge in [0.15, 0.2) is 0 Å². The SMILES string of the molecule is CCCN(CCCCC1CNC(=O)CCO1)C1CCc2ccc(OC(C)C)cc2C1. The van der Waals surface area contributed by atoms with E-state index >= 15 is 0 Å². The molecule has 0 bridgehead atoms. The van der Waals surface area contributed by atoms with Crippen LogP contribution in [-0.4, -0.2) is 55.3 Å². The molecule has 1 aromatic rings. The van der Waals surface area contributed by atoms with E-state index in [9.17, 15) is 4.79 Å². The summed E-state index contributed by atoms with van der Waals surface area (Å²) in [6, 6.07) is 7.28. The lowest BCUT2D eigenvalue weighted by Gasteiger charge is -2.35. The molecule has 1 aliphatic heterocycles. The first-order chi connectivity index (χ1) is 14.5. The summed E-state index contributed by atoms with van der Waals surface area (Å²) >= 11 is 0. The molecule has 5 heteroatoms. The summed E-state index contributed by atoms with van der Waals surface area (Å²) in [7, 11) is 0. The molecule has 1 aliphatic carbocycles. The first-order valence-corrected chi connectivity index (χ1v) is 12.0. The lowest BCUT2D eigenvalue weighted by Crippen LogP contribution is -2.40. The fraction of sp³-hybridized carbons (Fsp3) is 0.720. The highest BCUT2D eigenvalue weighted by Gasteiger charge is 2.24. The van der Waals surface area contributed by atoms with Gasteiger partial charge >= 0.3 is 0 Å². The number of carbonyl (C=O) groups is 1. The first-order valence-electron chi connectivity index (χ1n) is 12.0. The van der Waals surface area contributed by atoms with Crippen LogP contribution >= 0.6 is 0 Å². The molecule has 1 N–H and O–H groups in total. The van der Waals surface area contributed by atoms with Crippen molar-refractivity contribution >= 4 is 5.91 Å². The molecule has 0 radical (unpaired) electrons. The number of hydrogen-bond donors (Lipinski definition) is 1. The molecule has 0 saturated carbocycles. The van der Waals surface area contributed by atoms with Crippen LogP contribution in [0, 0.1) is 0 Å². The predicted molar refractivity (Wildman–Crippen MR) is 121 cm³/mol. The molecule has 1 fully saturated rings. The summed E-state index contributed by atoms with van der Waals surface area (Å²) in [5, 5.41) is 2.96. The van der Waals surface area contributed by atoms with Gasteiger partial charge in [-0.3, -0.25) is 4.79 Å². The maximum absolute atomic E-state index is 11.5. The van der Waals surface area contributed by atoms with E-state index in [1.165, 1.54) is 30.4 Å². The largest absolute Gasteiger partial charge is 0.491 e. The number of nitrogens with one attached hydrogen (secondary N) is 1. The zero-order valence-electron chi connectivity index (χ0n) is 19.1. The summed E-state index contributed by atoms with van der Waals surface area (Å²) in [6.07, 6.45) is 8.98. The minimum Gasteiger partial charge on any atom is -0.491 e. The van der Waals surface area contributed by atoms with Gasteiger partial charge in [0.05, 0.1) is 18.8 Å². The van der Waals surface area contributed by atoms with E-state index in [1.54, 1.807) is 0 Å². The average molecular weight is 417 g/mol. The maximum Gasteiger partial charge on any atom is 0.222 e. The Hall–Kier alpha value is -1.59. The van der Waals surface area contributed by atoms with E-state index in [0.717, 1.165) is 44.5 Å². The van der Waals surface area contributed by atoms with Crippen molar-refractivity contribution in [2.45, 2.75) is 90.4 Å². The molecule has 1 amide bonds. The molecule has 2 aliphatic rings. The van der Waals surface area contributed by atoms with Crippen LogP contribution in [0.4, 0.5) is 0 Å². The van der Waals surface area contributed by atoms with Gasteiger partial charge in [-0.1, -0.05) is 13.0 Å². The van der Waals surface area contributed by atoms with Crippen molar-refractivity contribution in [3.8, 4) is 5.75 Å². The first kappa shape index (κ1) is 23.1. The minimum atomic E-state index is 0.117. The van der Waals surface area contributed by atoms with Gasteiger partial charge in [-0.25, -0.2) is 0 Å². The molecule has 3 rings (SSSR count). The number of hydrogen-bond acceptors (Lipinski definition) is 4. The lowest BCUT2D eigenvalue weighted by atomic mass is 9.87. The van der Waals surface area contributed by atoms with Crippen LogP contribution in [-0.2, 0) is 22.4 Å². The highest BCUT2D eigenvalue weighted by atomic mass is 16.5. The molecule has 0 spiro atoms. The van der Waals surface area contributed by atoms with E-state index < -0.39 is 0 Å². The second kappa shape index (κ2) is 11.7. The van der Waals surface area contributed by atoms with Crippen molar-refractivity contribution in [3.05, 3.63) is 29.3 Å². The van der Waals surface area contributed by atoms with Gasteiger partial charge < -0.3 is 19.7 Å². The quantitative estimate of drug-likeness (QED) is 0.583. The molecular formula is C25H40N2O3. The standard InChI is InChI=1S/C25H40N2O3/c1-4-13-27(14-6-5-7-24-18-26-25(28)12-15-29-24)22-10-8-20-9-11-23(30-19(2)3)17-21(20)16-22/h9,11,17,19,22,24H,4-8,10,12-16,18H2,1-3H3,(H,26,28). The van der Waals surface area contributed by atoms with Gasteiger partial charge in [-0.15, -0.1) is 0 Å². The van der Waals surface area contributed by atoms with Crippen molar-refractivity contribution < 1.29 is 14.3 Å². The summed E-state index contributed by atoms with van der Waals surface area (Å²) in [4.78, 5) is 14.2. The number of amides is 1. The molecule has 5 nitrogen and oxygen atoms in total. The van der Waals surface area contributed by atoms with E-state index in [4.69, 9.17) is 9.47 Å². The van der Waals surface area contributed by atoms with Gasteiger partial charge in [0.1, 0.15) is 5.75 Å². The van der Waals surface area contributed by atoms with Gasteiger partial charge in [0.25, 0.3) is 0 Å². The number of benzene rings is 1. The number of rotatable bonds is 10. The number of nitrogens with zero attached hydrogens (tertiary/aromatic N) is 1. The Labute approximate surface area is 182 Å². The summed E-state index contributed by atoms with van der Waals surface area (Å²) in [6.45, 7) is 9.98. The second-order valence-electron chi connectivity index (χ2n) is 9.07. The van der Waals surface area contributed by atoms with Gasteiger partial charge in [0, 0.05) is 19.0 Å². The minimum absolute atomic E-state index is 0.117. The van der Waals surface area contributed by atoms with E-state index in [0.29, 0.717) is 25.6 Å². The maximum atomic E-state index is 11.5. The number of unbranched alkanes of at least 4 members (excludes halogenated alkanes) is 1. The second-order valence-corrected chi connectivity index (χ2v) is 9.07. The average Bonchev–Trinajstić information content (AvgIpc) is 2.93. The summed E-state index contributed by atoms with van der Waals surface area (Å²) < 4.78 is 11.7. The number of fused-ring (bicyclic) bond motifs is 1. The summed E-state index contributed by atoms with van der Waals surface area (Å²) in [5.74, 6) is 1.12. The Morgan fingerprint density at radius 3 is 2.87 bits per heavy atom. The molecular weight excluding hydrogens is 376 g/mol. The fourth-order valence-corrected chi connectivity index (χ4v) is 4.70. The van der Waals surface area contributed by atoms with Crippen LogP contribution in [0.1, 0.15) is 70.4 Å². The Morgan fingerprint density at radius 1 is 1.20 bits per heavy atom. The Bertz CT molecular complexity index is 676. The predicted octanol–water partition coefficient (Wildman–Crippen LogP) is 4.12. The molecule has 1 saturated heterocycles. The molecule has 1 aromatic carbocycles. The van der Waals surface area contributed by atoms with Crippen molar-refractivity contribution in [1.82, 2.24) is 10.2 Å². The molecule has 0 aromatic heterocycles. The highest BCUT2D eigenvalue weighted by molar-refractivity contribution is 5.76. The van der Waals surface area contributed by atoms with Crippen LogP contribution in [0.15, 0.2) is 18.2 Å². The third-order valence-electron chi connectivity index (χ3n) is 6.21. The molecule has 2 unspecified atom stereocenters. The third-order valence-corrected chi connectivity index (χ3v) is 6.21. The van der Waals surface area contributed by atoms with E-state index in [2.05, 4.69) is 49.2 Å². The van der Waals surface area contributed by atoms with Gasteiger partial charge in [-0.05, 0) is 95.1 Å². The Balaban J connectivity index is 1.49. The molecule has 1 heterocycles. The molecule has 168 valence electrons. The number of ether oxygens (including phenoxy) is 2. The molecule has 30 heavy (non-hydrogen) atoms. The third kappa shape index (κ3) is 6.98. The van der Waals surface area contributed by atoms with Crippen molar-refractivity contribution in [1.29, 1.82) is 0 Å². The van der Waals surface area contributed by atoms with E-state index in [-0.39, 0.29) is 18.1 Å². The van der Waals surface area contributed by atoms with Crippen molar-refractivity contribution in [2.24, 2.45) is 0 Å². The summed E-state index contributed by atoms with van der Waals surface area (Å²) in [5.41, 5.74) is 2.96. The fourth-order valence-electron chi connectivity index (χ4n) is 4.70. The van der Waals surface area contributed by atoms with Gasteiger partial charge in [-0.2, -0.15) is 0 Å². The van der Waals surface area contributed by atoms with Crippen molar-refractivity contribution in [3.63, 3.8) is 0 Å². The smallest absolute Gasteiger partial charge is 0.222 e. The van der Waals surface area contributed by atoms with Gasteiger partial charge in [0.2, 0.25) is 5.91 Å². The van der Waals surface area contributed by atoms with Crippen molar-refractivity contribution in [2.75, 3.05) is 26.2 Å². The Morgan fingerprint density at radius 2 is 2.07 bits per heavy atom. The van der Waals surface area contributed by atoms with Crippen LogP contribution in [0.2, 0.25) is 0 Å². The highest BCUT2D eigenvalue weighted by Crippen LogP contribution is 2.29. The molecule has 2 atom stereocenters. The lowest BCUT2D eigenvalue weighted by molar-refractivity contribution is -0.120. The monoisotopic (exact) mass is 416 g/mol. The normalized spacial score (nSPS) is 22.0.